The summed E-state index contributed by atoms with van der Waals surface area (Å²) < 4.78 is 17.3. The number of esters is 2. The molecule has 166 valence electrons. The van der Waals surface area contributed by atoms with Gasteiger partial charge in [-0.2, -0.15) is 0 Å². The third-order valence-corrected chi connectivity index (χ3v) is 7.70. The molecule has 3 saturated heterocycles. The van der Waals surface area contributed by atoms with Crippen LogP contribution in [-0.2, 0) is 28.6 Å². The summed E-state index contributed by atoms with van der Waals surface area (Å²) in [5, 5.41) is 0. The van der Waals surface area contributed by atoms with E-state index in [0.717, 1.165) is 25.0 Å². The van der Waals surface area contributed by atoms with Crippen molar-refractivity contribution < 1.29 is 28.6 Å². The van der Waals surface area contributed by atoms with Crippen molar-refractivity contribution in [2.24, 2.45) is 23.7 Å². The Morgan fingerprint density at radius 1 is 1.20 bits per heavy atom. The molecule has 0 saturated carbocycles. The van der Waals surface area contributed by atoms with Gasteiger partial charge in [-0.3, -0.25) is 14.4 Å². The quantitative estimate of drug-likeness (QED) is 0.655. The molecule has 2 bridgehead atoms. The minimum absolute atomic E-state index is 0.110. The van der Waals surface area contributed by atoms with Gasteiger partial charge in [0.05, 0.1) is 30.7 Å². The van der Waals surface area contributed by atoms with E-state index < -0.39 is 5.60 Å². The smallest absolute Gasteiger partial charge is 0.310 e. The van der Waals surface area contributed by atoms with Crippen molar-refractivity contribution in [3.63, 3.8) is 0 Å². The summed E-state index contributed by atoms with van der Waals surface area (Å²) in [7, 11) is 1.69. The maximum absolute atomic E-state index is 13.8. The maximum atomic E-state index is 13.8. The molecule has 30 heavy (non-hydrogen) atoms. The van der Waals surface area contributed by atoms with Gasteiger partial charge in [0.2, 0.25) is 0 Å². The summed E-state index contributed by atoms with van der Waals surface area (Å²) in [6.07, 6.45) is 5.92. The first kappa shape index (κ1) is 21.2. The predicted molar refractivity (Wildman–Crippen MR) is 108 cm³/mol. The lowest BCUT2D eigenvalue weighted by Crippen LogP contribution is -2.47. The molecular weight excluding hydrogens is 386 g/mol. The molecule has 0 aromatic carbocycles. The van der Waals surface area contributed by atoms with Gasteiger partial charge in [0, 0.05) is 24.8 Å². The van der Waals surface area contributed by atoms with E-state index in [9.17, 15) is 14.4 Å². The highest BCUT2D eigenvalue weighted by Crippen LogP contribution is 2.51. The zero-order valence-electron chi connectivity index (χ0n) is 18.4. The predicted octanol–water partition coefficient (Wildman–Crippen LogP) is 2.83. The molecule has 0 N–H and O–H groups in total. The van der Waals surface area contributed by atoms with Gasteiger partial charge in [-0.05, 0) is 38.2 Å². The maximum Gasteiger partial charge on any atom is 0.310 e. The summed E-state index contributed by atoms with van der Waals surface area (Å²) in [5.41, 5.74) is -1.16. The lowest BCUT2D eigenvalue weighted by Gasteiger charge is -2.31. The summed E-state index contributed by atoms with van der Waals surface area (Å²) in [4.78, 5) is 40.3. The minimum Gasteiger partial charge on any atom is -0.501 e. The molecular formula is C23H33NO6. The molecule has 4 aliphatic heterocycles. The zero-order chi connectivity index (χ0) is 21.6. The Bertz CT molecular complexity index is 763. The van der Waals surface area contributed by atoms with Crippen LogP contribution < -0.4 is 0 Å². The number of allylic oxidation sites excluding steroid dienone is 2. The van der Waals surface area contributed by atoms with E-state index in [-0.39, 0.29) is 53.7 Å². The van der Waals surface area contributed by atoms with Crippen LogP contribution >= 0.6 is 0 Å². The first-order valence-corrected chi connectivity index (χ1v) is 11.3. The Labute approximate surface area is 178 Å². The highest BCUT2D eigenvalue weighted by molar-refractivity contribution is 5.94. The van der Waals surface area contributed by atoms with Gasteiger partial charge in [0.1, 0.15) is 6.10 Å². The van der Waals surface area contributed by atoms with Crippen molar-refractivity contribution in [2.75, 3.05) is 13.7 Å². The van der Waals surface area contributed by atoms with Gasteiger partial charge >= 0.3 is 11.9 Å². The summed E-state index contributed by atoms with van der Waals surface area (Å²) >= 11 is 0. The first-order valence-electron chi connectivity index (χ1n) is 11.3. The van der Waals surface area contributed by atoms with Crippen LogP contribution in [0.25, 0.3) is 0 Å². The number of amides is 1. The summed E-state index contributed by atoms with van der Waals surface area (Å²) in [6, 6.07) is -0.239. The van der Waals surface area contributed by atoms with Crippen molar-refractivity contribution >= 4 is 17.8 Å². The molecule has 7 heteroatoms. The van der Waals surface area contributed by atoms with E-state index >= 15 is 0 Å². The van der Waals surface area contributed by atoms with Gasteiger partial charge in [-0.1, -0.05) is 20.8 Å². The fourth-order valence-corrected chi connectivity index (χ4v) is 5.91. The van der Waals surface area contributed by atoms with Gasteiger partial charge in [-0.25, -0.2) is 0 Å². The average molecular weight is 420 g/mol. The Morgan fingerprint density at radius 2 is 1.97 bits per heavy atom. The molecule has 0 radical (unpaired) electrons. The second-order valence-corrected chi connectivity index (χ2v) is 9.38. The van der Waals surface area contributed by atoms with Gasteiger partial charge in [0.15, 0.2) is 5.60 Å². The van der Waals surface area contributed by atoms with Crippen LogP contribution in [0.3, 0.4) is 0 Å². The third kappa shape index (κ3) is 3.21. The molecule has 0 aromatic heterocycles. The van der Waals surface area contributed by atoms with E-state index in [2.05, 4.69) is 13.0 Å². The third-order valence-electron chi connectivity index (χ3n) is 7.70. The molecule has 4 heterocycles. The number of carbonyl (C=O) groups excluding carboxylic acids is 3. The Hall–Kier alpha value is -2.05. The van der Waals surface area contributed by atoms with Crippen LogP contribution in [0.5, 0.6) is 0 Å². The van der Waals surface area contributed by atoms with Crippen LogP contribution in [0.15, 0.2) is 11.8 Å². The fraction of sp³-hybridized carbons (Fsp3) is 0.783. The molecule has 0 unspecified atom stereocenters. The van der Waals surface area contributed by atoms with E-state index in [1.165, 1.54) is 0 Å². The highest BCUT2D eigenvalue weighted by Gasteiger charge is 2.66. The molecule has 7 nitrogen and oxygen atoms in total. The van der Waals surface area contributed by atoms with Crippen LogP contribution in [0.1, 0.15) is 59.3 Å². The van der Waals surface area contributed by atoms with Crippen LogP contribution in [0.2, 0.25) is 0 Å². The van der Waals surface area contributed by atoms with E-state index in [0.29, 0.717) is 25.8 Å². The standard InChI is InChI=1S/C23H33NO6/c1-5-15-11-16-14(3)21(26)30-23(16)12-17(19-10-13(2)20(25)29-19)24(22(23)27)9-7-6-8-18(15)28-4/h8,13-17,19H,5-7,9-12H2,1-4H3/b18-8+/t13-,14-,15-,16+,17-,19-,23+/m0/s1. The largest absolute Gasteiger partial charge is 0.501 e. The number of ether oxygens (including phenoxy) is 3. The Morgan fingerprint density at radius 3 is 2.60 bits per heavy atom. The van der Waals surface area contributed by atoms with Crippen molar-refractivity contribution in [3.8, 4) is 0 Å². The number of nitrogens with zero attached hydrogens (tertiary/aromatic N) is 1. The van der Waals surface area contributed by atoms with Crippen LogP contribution in [0, 0.1) is 23.7 Å². The molecule has 4 rings (SSSR count). The van der Waals surface area contributed by atoms with E-state index in [1.807, 2.05) is 18.7 Å². The molecule has 3 fully saturated rings. The SMILES string of the molecule is CC[C@H]1C[C@@H]2[C@H](C)C(=O)O[C@]23C[C@@H]([C@@H]2C[C@H](C)C(=O)O2)N(CCC/C=C\1OC)C3=O. The lowest BCUT2D eigenvalue weighted by molar-refractivity contribution is -0.161. The summed E-state index contributed by atoms with van der Waals surface area (Å²) in [6.45, 7) is 6.39. The van der Waals surface area contributed by atoms with E-state index in [1.54, 1.807) is 7.11 Å². The zero-order valence-corrected chi connectivity index (χ0v) is 18.4. The highest BCUT2D eigenvalue weighted by atomic mass is 16.6. The monoisotopic (exact) mass is 419 g/mol. The normalized spacial score (nSPS) is 43.4. The van der Waals surface area contributed by atoms with Crippen LogP contribution in [-0.4, -0.2) is 54.1 Å². The van der Waals surface area contributed by atoms with Crippen molar-refractivity contribution in [1.82, 2.24) is 4.90 Å². The van der Waals surface area contributed by atoms with Gasteiger partial charge in [0.25, 0.3) is 5.91 Å². The molecule has 1 spiro atoms. The Kier molecular flexibility index (Phi) is 5.58. The minimum atomic E-state index is -1.16. The first-order chi connectivity index (χ1) is 14.3. The Balaban J connectivity index is 1.73. The van der Waals surface area contributed by atoms with Crippen molar-refractivity contribution in [2.45, 2.75) is 77.0 Å². The second-order valence-electron chi connectivity index (χ2n) is 9.38. The molecule has 0 aliphatic carbocycles. The molecule has 1 amide bonds. The van der Waals surface area contributed by atoms with E-state index in [4.69, 9.17) is 14.2 Å². The number of cyclic esters (lactones) is 1. The number of hydrogen-bond acceptors (Lipinski definition) is 6. The number of carbonyl (C=O) groups is 3. The second kappa shape index (κ2) is 7.89. The lowest BCUT2D eigenvalue weighted by atomic mass is 9.73. The summed E-state index contributed by atoms with van der Waals surface area (Å²) in [5.74, 6) is -0.289. The van der Waals surface area contributed by atoms with Gasteiger partial charge < -0.3 is 19.1 Å². The average Bonchev–Trinajstić information content (AvgIpc) is 3.27. The number of rotatable bonds is 3. The van der Waals surface area contributed by atoms with Crippen LogP contribution in [0.4, 0.5) is 0 Å². The van der Waals surface area contributed by atoms with Gasteiger partial charge in [-0.15, -0.1) is 0 Å². The fourth-order valence-electron chi connectivity index (χ4n) is 5.91. The van der Waals surface area contributed by atoms with Crippen molar-refractivity contribution in [3.05, 3.63) is 11.8 Å². The topological polar surface area (TPSA) is 82.1 Å². The van der Waals surface area contributed by atoms with Crippen molar-refractivity contribution in [1.29, 1.82) is 0 Å². The number of methoxy groups -OCH3 is 1. The number of hydrogen-bond donors (Lipinski definition) is 0. The number of fused-ring (bicyclic) bond motifs is 1. The molecule has 0 aromatic rings. The molecule has 7 atom stereocenters. The molecule has 4 aliphatic rings.